The first kappa shape index (κ1) is 16.4. The van der Waals surface area contributed by atoms with E-state index in [2.05, 4.69) is 22.6 Å². The van der Waals surface area contributed by atoms with Crippen molar-refractivity contribution in [2.45, 2.75) is 64.3 Å². The van der Waals surface area contributed by atoms with Gasteiger partial charge in [0.2, 0.25) is 0 Å². The Labute approximate surface area is 127 Å². The van der Waals surface area contributed by atoms with Gasteiger partial charge in [-0.05, 0) is 38.6 Å². The molecule has 2 rings (SSSR count). The zero-order valence-corrected chi connectivity index (χ0v) is 13.3. The molecule has 0 spiro atoms. The molecule has 1 aromatic rings. The summed E-state index contributed by atoms with van der Waals surface area (Å²) in [5.74, 6) is 0. The van der Waals surface area contributed by atoms with E-state index in [1.54, 1.807) is 7.11 Å². The predicted octanol–water partition coefficient (Wildman–Crippen LogP) is 1.75. The zero-order valence-electron chi connectivity index (χ0n) is 13.3. The molecule has 1 aromatic heterocycles. The standard InChI is InChI=1S/C15H28N4O2/c1-3-7-16-11-13-12-19(18-17-13)8-9-21-15-6-4-5-14(10-15)20-2/h12,14-16H,3-11H2,1-2H3. The molecule has 0 amide bonds. The third-order valence-electron chi connectivity index (χ3n) is 3.90. The van der Waals surface area contributed by atoms with E-state index in [0.717, 1.165) is 51.0 Å². The highest BCUT2D eigenvalue weighted by atomic mass is 16.5. The summed E-state index contributed by atoms with van der Waals surface area (Å²) in [6.07, 6.45) is 8.33. The Kier molecular flexibility index (Phi) is 7.12. The molecule has 6 nitrogen and oxygen atoms in total. The molecule has 0 bridgehead atoms. The van der Waals surface area contributed by atoms with Crippen LogP contribution in [0.4, 0.5) is 0 Å². The molecular weight excluding hydrogens is 268 g/mol. The average molecular weight is 296 g/mol. The van der Waals surface area contributed by atoms with E-state index in [4.69, 9.17) is 9.47 Å². The lowest BCUT2D eigenvalue weighted by atomic mass is 9.95. The summed E-state index contributed by atoms with van der Waals surface area (Å²) in [6.45, 7) is 5.40. The molecule has 21 heavy (non-hydrogen) atoms. The summed E-state index contributed by atoms with van der Waals surface area (Å²) in [7, 11) is 1.79. The predicted molar refractivity (Wildman–Crippen MR) is 81.0 cm³/mol. The van der Waals surface area contributed by atoms with Gasteiger partial charge in [-0.25, -0.2) is 4.68 Å². The minimum absolute atomic E-state index is 0.331. The van der Waals surface area contributed by atoms with Gasteiger partial charge in [-0.1, -0.05) is 12.1 Å². The summed E-state index contributed by atoms with van der Waals surface area (Å²) in [5, 5.41) is 11.6. The molecule has 6 heteroatoms. The fourth-order valence-electron chi connectivity index (χ4n) is 2.70. The van der Waals surface area contributed by atoms with Gasteiger partial charge >= 0.3 is 0 Å². The average Bonchev–Trinajstić information content (AvgIpc) is 2.96. The summed E-state index contributed by atoms with van der Waals surface area (Å²) in [4.78, 5) is 0. The van der Waals surface area contributed by atoms with Gasteiger partial charge in [0, 0.05) is 19.9 Å². The second-order valence-corrected chi connectivity index (χ2v) is 5.67. The highest BCUT2D eigenvalue weighted by Crippen LogP contribution is 2.22. The van der Waals surface area contributed by atoms with Gasteiger partial charge < -0.3 is 14.8 Å². The van der Waals surface area contributed by atoms with E-state index < -0.39 is 0 Å². The first-order valence-corrected chi connectivity index (χ1v) is 8.06. The van der Waals surface area contributed by atoms with Gasteiger partial charge in [-0.3, -0.25) is 0 Å². The summed E-state index contributed by atoms with van der Waals surface area (Å²) in [5.41, 5.74) is 0.987. The van der Waals surface area contributed by atoms with Crippen LogP contribution in [0.5, 0.6) is 0 Å². The first-order valence-electron chi connectivity index (χ1n) is 8.06. The maximum atomic E-state index is 5.94. The number of aromatic nitrogens is 3. The van der Waals surface area contributed by atoms with Crippen LogP contribution in [0.2, 0.25) is 0 Å². The lowest BCUT2D eigenvalue weighted by Crippen LogP contribution is -2.28. The van der Waals surface area contributed by atoms with Crippen molar-refractivity contribution in [2.24, 2.45) is 0 Å². The van der Waals surface area contributed by atoms with Crippen molar-refractivity contribution in [3.63, 3.8) is 0 Å². The van der Waals surface area contributed by atoms with Gasteiger partial charge in [0.25, 0.3) is 0 Å². The number of methoxy groups -OCH3 is 1. The van der Waals surface area contributed by atoms with Crippen molar-refractivity contribution >= 4 is 0 Å². The number of ether oxygens (including phenoxy) is 2. The second kappa shape index (κ2) is 9.12. The molecule has 1 N–H and O–H groups in total. The van der Waals surface area contributed by atoms with Crippen LogP contribution in [-0.2, 0) is 22.6 Å². The maximum absolute atomic E-state index is 5.94. The van der Waals surface area contributed by atoms with Crippen molar-refractivity contribution in [2.75, 3.05) is 20.3 Å². The van der Waals surface area contributed by atoms with Crippen LogP contribution in [0.1, 0.15) is 44.7 Å². The Bertz CT molecular complexity index is 397. The minimum Gasteiger partial charge on any atom is -0.381 e. The summed E-state index contributed by atoms with van der Waals surface area (Å²) < 4.78 is 13.2. The summed E-state index contributed by atoms with van der Waals surface area (Å²) in [6, 6.07) is 0. The van der Waals surface area contributed by atoms with Crippen LogP contribution in [0.3, 0.4) is 0 Å². The van der Waals surface area contributed by atoms with Gasteiger partial charge in [0.1, 0.15) is 0 Å². The Morgan fingerprint density at radius 3 is 3.05 bits per heavy atom. The van der Waals surface area contributed by atoms with Crippen LogP contribution in [0.25, 0.3) is 0 Å². The largest absolute Gasteiger partial charge is 0.381 e. The number of hydrogen-bond donors (Lipinski definition) is 1. The third kappa shape index (κ3) is 5.73. The van der Waals surface area contributed by atoms with E-state index in [1.807, 2.05) is 10.9 Å². The Balaban J connectivity index is 1.64. The third-order valence-corrected chi connectivity index (χ3v) is 3.90. The molecule has 0 aromatic carbocycles. The Hall–Kier alpha value is -0.980. The Morgan fingerprint density at radius 1 is 1.38 bits per heavy atom. The molecule has 1 saturated carbocycles. The molecule has 2 atom stereocenters. The smallest absolute Gasteiger partial charge is 0.0964 e. The fraction of sp³-hybridized carbons (Fsp3) is 0.867. The Morgan fingerprint density at radius 2 is 2.24 bits per heavy atom. The zero-order chi connectivity index (χ0) is 14.9. The molecule has 1 fully saturated rings. The van der Waals surface area contributed by atoms with Crippen LogP contribution in [0, 0.1) is 0 Å². The first-order chi connectivity index (χ1) is 10.3. The number of hydrogen-bond acceptors (Lipinski definition) is 5. The van der Waals surface area contributed by atoms with Crippen LogP contribution in [0.15, 0.2) is 6.20 Å². The highest BCUT2D eigenvalue weighted by molar-refractivity contribution is 4.91. The van der Waals surface area contributed by atoms with Crippen molar-refractivity contribution in [1.29, 1.82) is 0 Å². The quantitative estimate of drug-likeness (QED) is 0.704. The van der Waals surface area contributed by atoms with E-state index in [0.29, 0.717) is 18.8 Å². The lowest BCUT2D eigenvalue weighted by molar-refractivity contribution is -0.0320. The van der Waals surface area contributed by atoms with E-state index >= 15 is 0 Å². The van der Waals surface area contributed by atoms with E-state index in [-0.39, 0.29) is 0 Å². The molecule has 0 saturated heterocycles. The SMILES string of the molecule is CCCNCc1cn(CCOC2CCCC(OC)C2)nn1. The topological polar surface area (TPSA) is 61.2 Å². The molecular formula is C15H28N4O2. The minimum atomic E-state index is 0.331. The number of nitrogens with one attached hydrogen (secondary N) is 1. The van der Waals surface area contributed by atoms with Crippen LogP contribution in [-0.4, -0.2) is 47.5 Å². The highest BCUT2D eigenvalue weighted by Gasteiger charge is 2.21. The van der Waals surface area contributed by atoms with Crippen molar-refractivity contribution < 1.29 is 9.47 Å². The molecule has 0 radical (unpaired) electrons. The molecule has 1 aliphatic carbocycles. The number of nitrogens with zero attached hydrogens (tertiary/aromatic N) is 3. The molecule has 0 aliphatic heterocycles. The van der Waals surface area contributed by atoms with Crippen molar-refractivity contribution in [3.8, 4) is 0 Å². The second-order valence-electron chi connectivity index (χ2n) is 5.67. The lowest BCUT2D eigenvalue weighted by Gasteiger charge is -2.28. The van der Waals surface area contributed by atoms with Gasteiger partial charge in [0.05, 0.1) is 31.1 Å². The normalized spacial score (nSPS) is 22.6. The fourth-order valence-corrected chi connectivity index (χ4v) is 2.70. The molecule has 1 aliphatic rings. The van der Waals surface area contributed by atoms with Gasteiger partial charge in [0.15, 0.2) is 0 Å². The summed E-state index contributed by atoms with van der Waals surface area (Å²) >= 11 is 0. The van der Waals surface area contributed by atoms with Crippen LogP contribution < -0.4 is 5.32 Å². The molecule has 1 heterocycles. The van der Waals surface area contributed by atoms with Crippen molar-refractivity contribution in [3.05, 3.63) is 11.9 Å². The van der Waals surface area contributed by atoms with Gasteiger partial charge in [-0.15, -0.1) is 5.10 Å². The van der Waals surface area contributed by atoms with E-state index in [9.17, 15) is 0 Å². The van der Waals surface area contributed by atoms with Crippen molar-refractivity contribution in [1.82, 2.24) is 20.3 Å². The molecule has 120 valence electrons. The van der Waals surface area contributed by atoms with Gasteiger partial charge in [-0.2, -0.15) is 0 Å². The number of rotatable bonds is 9. The van der Waals surface area contributed by atoms with Crippen LogP contribution >= 0.6 is 0 Å². The van der Waals surface area contributed by atoms with E-state index in [1.165, 1.54) is 6.42 Å². The monoisotopic (exact) mass is 296 g/mol. The maximum Gasteiger partial charge on any atom is 0.0964 e. The molecule has 2 unspecified atom stereocenters.